The zero-order valence-electron chi connectivity index (χ0n) is 22.0. The number of hydrogen-bond acceptors (Lipinski definition) is 5. The van der Waals surface area contributed by atoms with Gasteiger partial charge in [-0.3, -0.25) is 9.59 Å². The van der Waals surface area contributed by atoms with Gasteiger partial charge in [0.2, 0.25) is 0 Å². The van der Waals surface area contributed by atoms with Gasteiger partial charge in [-0.05, 0) is 61.9 Å². The second-order valence-corrected chi connectivity index (χ2v) is 11.0. The maximum absolute atomic E-state index is 13.2. The number of amides is 1. The van der Waals surface area contributed by atoms with Gasteiger partial charge in [0, 0.05) is 53.6 Å². The molecule has 1 heterocycles. The van der Waals surface area contributed by atoms with E-state index in [4.69, 9.17) is 9.47 Å². The number of rotatable bonds is 9. The number of carbonyl (C=O) groups is 2. The van der Waals surface area contributed by atoms with Gasteiger partial charge in [-0.2, -0.15) is 0 Å². The van der Waals surface area contributed by atoms with Gasteiger partial charge in [0.1, 0.15) is 5.75 Å². The Balaban J connectivity index is 1.55. The molecule has 0 aromatic heterocycles. The zero-order chi connectivity index (χ0) is 26.4. The minimum absolute atomic E-state index is 0.0676. The fourth-order valence-electron chi connectivity index (χ4n) is 5.49. The summed E-state index contributed by atoms with van der Waals surface area (Å²) < 4.78 is 11.8. The molecule has 1 fully saturated rings. The fourth-order valence-corrected chi connectivity index (χ4v) is 5.75. The summed E-state index contributed by atoms with van der Waals surface area (Å²) in [7, 11) is 3.23. The number of ether oxygens (including phenoxy) is 2. The Hall–Kier alpha value is -2.64. The van der Waals surface area contributed by atoms with Crippen LogP contribution in [0.3, 0.4) is 0 Å². The standard InChI is InChI=1S/C30H37BrN2O4/c1-20-7-8-22-11-14-26(30(35)32-15-16-36-2)29(37-3)27(22)19-33(20)18-21-5-4-6-24(17-21)28(34)23-9-12-25(31)13-10-23/h8-14,19-21,24H,4-7,15-18H2,1-3H3,(H,32,35). The molecule has 37 heavy (non-hydrogen) atoms. The van der Waals surface area contributed by atoms with Crippen LogP contribution in [0.15, 0.2) is 40.9 Å². The van der Waals surface area contributed by atoms with Crippen LogP contribution in [0.1, 0.15) is 59.7 Å². The van der Waals surface area contributed by atoms with Crippen molar-refractivity contribution in [3.8, 4) is 5.75 Å². The van der Waals surface area contributed by atoms with Crippen molar-refractivity contribution in [1.82, 2.24) is 10.2 Å². The van der Waals surface area contributed by atoms with Gasteiger partial charge in [0.05, 0.1) is 19.3 Å². The maximum atomic E-state index is 13.2. The molecule has 1 saturated carbocycles. The number of benzene rings is 2. The molecule has 3 unspecified atom stereocenters. The second kappa shape index (κ2) is 12.7. The van der Waals surface area contributed by atoms with Gasteiger partial charge in [0.15, 0.2) is 5.78 Å². The van der Waals surface area contributed by atoms with Gasteiger partial charge < -0.3 is 19.7 Å². The average Bonchev–Trinajstić information content (AvgIpc) is 3.06. The Labute approximate surface area is 227 Å². The molecule has 0 radical (unpaired) electrons. The molecule has 1 aliphatic heterocycles. The van der Waals surface area contributed by atoms with Crippen molar-refractivity contribution in [3.05, 3.63) is 62.4 Å². The molecule has 6 nitrogen and oxygen atoms in total. The second-order valence-electron chi connectivity index (χ2n) is 10.1. The lowest BCUT2D eigenvalue weighted by molar-refractivity contribution is 0.0849. The fraction of sp³-hybridized carbons (Fsp3) is 0.467. The Bertz CT molecular complexity index is 1230. The van der Waals surface area contributed by atoms with Gasteiger partial charge >= 0.3 is 0 Å². The Morgan fingerprint density at radius 2 is 1.89 bits per heavy atom. The first-order valence-electron chi connectivity index (χ1n) is 13.1. The normalized spacial score (nSPS) is 21.2. The third-order valence-corrected chi connectivity index (χ3v) is 8.09. The molecule has 0 bridgehead atoms. The highest BCUT2D eigenvalue weighted by Crippen LogP contribution is 2.33. The van der Waals surface area contributed by atoms with Crippen molar-refractivity contribution in [2.45, 2.75) is 45.1 Å². The van der Waals surface area contributed by atoms with Crippen LogP contribution in [-0.4, -0.2) is 56.5 Å². The Kier molecular flexibility index (Phi) is 9.43. The smallest absolute Gasteiger partial charge is 0.255 e. The molecule has 198 valence electrons. The van der Waals surface area contributed by atoms with Gasteiger partial charge in [-0.15, -0.1) is 0 Å². The van der Waals surface area contributed by atoms with E-state index < -0.39 is 0 Å². The minimum Gasteiger partial charge on any atom is -0.495 e. The first-order valence-corrected chi connectivity index (χ1v) is 13.9. The summed E-state index contributed by atoms with van der Waals surface area (Å²) in [5.74, 6) is 1.18. The number of hydrogen-bond donors (Lipinski definition) is 1. The van der Waals surface area contributed by atoms with Crippen molar-refractivity contribution < 1.29 is 19.1 Å². The molecule has 1 aliphatic carbocycles. The van der Waals surface area contributed by atoms with Crippen molar-refractivity contribution in [2.75, 3.05) is 33.9 Å². The lowest BCUT2D eigenvalue weighted by Crippen LogP contribution is -2.37. The van der Waals surface area contributed by atoms with Crippen LogP contribution in [0.5, 0.6) is 5.75 Å². The molecule has 2 aromatic carbocycles. The summed E-state index contributed by atoms with van der Waals surface area (Å²) in [6.07, 6.45) is 9.34. The maximum Gasteiger partial charge on any atom is 0.255 e. The number of halogens is 1. The number of Topliss-reactive ketones (excluding diaryl/α,β-unsaturated/α-hetero) is 1. The molecule has 0 spiro atoms. The average molecular weight is 570 g/mol. The molecule has 2 aromatic rings. The van der Waals surface area contributed by atoms with Gasteiger partial charge in [-0.1, -0.05) is 46.6 Å². The van der Waals surface area contributed by atoms with Crippen molar-refractivity contribution in [2.24, 2.45) is 11.8 Å². The molecular formula is C30H37BrN2O4. The number of carbonyl (C=O) groups excluding carboxylic acids is 2. The summed E-state index contributed by atoms with van der Waals surface area (Å²) in [5.41, 5.74) is 1.32. The molecule has 1 amide bonds. The highest BCUT2D eigenvalue weighted by molar-refractivity contribution is 9.10. The van der Waals surface area contributed by atoms with Crippen LogP contribution in [0, 0.1) is 11.8 Å². The molecule has 7 heteroatoms. The topological polar surface area (TPSA) is 67.9 Å². The van der Waals surface area contributed by atoms with Crippen LogP contribution >= 0.6 is 15.9 Å². The SMILES string of the molecule is COCCNC(=O)c1ccc2c(c1OC)=CN(CC1CCCC(C(=O)c3ccc(Br)cc3)C1)C(C)CC=2. The van der Waals surface area contributed by atoms with Crippen LogP contribution in [0.4, 0.5) is 0 Å². The summed E-state index contributed by atoms with van der Waals surface area (Å²) in [6.45, 7) is 4.01. The quantitative estimate of drug-likeness (QED) is 0.364. The highest BCUT2D eigenvalue weighted by atomic mass is 79.9. The molecule has 1 N–H and O–H groups in total. The number of nitrogens with zero attached hydrogens (tertiary/aromatic N) is 1. The van der Waals surface area contributed by atoms with Crippen molar-refractivity contribution >= 4 is 39.9 Å². The van der Waals surface area contributed by atoms with Crippen molar-refractivity contribution in [3.63, 3.8) is 0 Å². The van der Waals surface area contributed by atoms with Crippen LogP contribution in [-0.2, 0) is 4.74 Å². The molecule has 0 saturated heterocycles. The van der Waals surface area contributed by atoms with E-state index >= 15 is 0 Å². The van der Waals surface area contributed by atoms with Crippen LogP contribution in [0.2, 0.25) is 0 Å². The highest BCUT2D eigenvalue weighted by Gasteiger charge is 2.30. The minimum atomic E-state index is -0.171. The first kappa shape index (κ1) is 27.4. The molecule has 2 aliphatic rings. The van der Waals surface area contributed by atoms with E-state index in [1.165, 1.54) is 0 Å². The lowest BCUT2D eigenvalue weighted by atomic mass is 9.77. The first-order chi connectivity index (χ1) is 17.9. The zero-order valence-corrected chi connectivity index (χ0v) is 23.6. The predicted octanol–water partition coefficient (Wildman–Crippen LogP) is 4.14. The Morgan fingerprint density at radius 1 is 1.11 bits per heavy atom. The van der Waals surface area contributed by atoms with Crippen molar-refractivity contribution in [1.29, 1.82) is 0 Å². The number of ketones is 1. The predicted molar refractivity (Wildman–Crippen MR) is 150 cm³/mol. The number of nitrogens with one attached hydrogen (secondary N) is 1. The number of fused-ring (bicyclic) bond motifs is 1. The molecule has 3 atom stereocenters. The summed E-state index contributed by atoms with van der Waals surface area (Å²) >= 11 is 3.46. The summed E-state index contributed by atoms with van der Waals surface area (Å²) in [6, 6.07) is 11.9. The van der Waals surface area contributed by atoms with E-state index in [2.05, 4.69) is 45.3 Å². The van der Waals surface area contributed by atoms with Gasteiger partial charge in [0.25, 0.3) is 5.91 Å². The monoisotopic (exact) mass is 568 g/mol. The molecular weight excluding hydrogens is 532 g/mol. The third kappa shape index (κ3) is 6.63. The third-order valence-electron chi connectivity index (χ3n) is 7.56. The van der Waals surface area contributed by atoms with E-state index in [-0.39, 0.29) is 17.6 Å². The van der Waals surface area contributed by atoms with Crippen LogP contribution < -0.4 is 20.5 Å². The van der Waals surface area contributed by atoms with E-state index in [1.807, 2.05) is 36.4 Å². The van der Waals surface area contributed by atoms with Gasteiger partial charge in [-0.25, -0.2) is 0 Å². The van der Waals surface area contributed by atoms with E-state index in [1.54, 1.807) is 14.2 Å². The van der Waals surface area contributed by atoms with Crippen LogP contribution in [0.25, 0.3) is 12.3 Å². The summed E-state index contributed by atoms with van der Waals surface area (Å²) in [4.78, 5) is 28.4. The molecule has 4 rings (SSSR count). The van der Waals surface area contributed by atoms with E-state index in [9.17, 15) is 9.59 Å². The lowest BCUT2D eigenvalue weighted by Gasteiger charge is -2.35. The summed E-state index contributed by atoms with van der Waals surface area (Å²) in [5, 5.41) is 4.91. The van der Waals surface area contributed by atoms with E-state index in [0.717, 1.165) is 59.1 Å². The number of methoxy groups -OCH3 is 2. The largest absolute Gasteiger partial charge is 0.495 e. The Morgan fingerprint density at radius 3 is 2.62 bits per heavy atom. The van der Waals surface area contributed by atoms with E-state index in [0.29, 0.717) is 36.4 Å².